The molecule has 1 N–H and O–H groups in total. The average Bonchev–Trinajstić information content (AvgIpc) is 2.58. The number of ether oxygens (including phenoxy) is 1. The summed E-state index contributed by atoms with van der Waals surface area (Å²) in [4.78, 5) is 24.0. The number of rotatable bonds is 6. The van der Waals surface area contributed by atoms with Crippen LogP contribution in [0.4, 0.5) is 8.78 Å². The van der Waals surface area contributed by atoms with Crippen LogP contribution in [0.1, 0.15) is 11.1 Å². The molecule has 4 nitrogen and oxygen atoms in total. The summed E-state index contributed by atoms with van der Waals surface area (Å²) in [6.45, 7) is 0. The zero-order valence-corrected chi connectivity index (χ0v) is 13.1. The zero-order chi connectivity index (χ0) is 17.5. The van der Waals surface area contributed by atoms with Crippen molar-refractivity contribution in [2.45, 2.75) is 18.9 Å². The van der Waals surface area contributed by atoms with Crippen LogP contribution in [0.3, 0.4) is 0 Å². The minimum Gasteiger partial charge on any atom is -0.467 e. The van der Waals surface area contributed by atoms with Crippen LogP contribution in [0, 0.1) is 11.6 Å². The topological polar surface area (TPSA) is 55.4 Å². The van der Waals surface area contributed by atoms with Gasteiger partial charge >= 0.3 is 5.97 Å². The molecule has 0 aliphatic heterocycles. The number of hydrogen-bond donors (Lipinski definition) is 1. The Kier molecular flexibility index (Phi) is 6.01. The first-order chi connectivity index (χ1) is 11.5. The van der Waals surface area contributed by atoms with Crippen molar-refractivity contribution in [1.82, 2.24) is 5.32 Å². The van der Waals surface area contributed by atoms with Gasteiger partial charge in [-0.3, -0.25) is 4.79 Å². The van der Waals surface area contributed by atoms with E-state index in [1.165, 1.54) is 13.2 Å². The van der Waals surface area contributed by atoms with E-state index >= 15 is 0 Å². The smallest absolute Gasteiger partial charge is 0.328 e. The van der Waals surface area contributed by atoms with Gasteiger partial charge in [0, 0.05) is 6.42 Å². The van der Waals surface area contributed by atoms with Crippen LogP contribution in [-0.4, -0.2) is 25.0 Å². The predicted octanol–water partition coefficient (Wildman–Crippen LogP) is 2.41. The van der Waals surface area contributed by atoms with E-state index in [4.69, 9.17) is 4.74 Å². The van der Waals surface area contributed by atoms with Crippen LogP contribution >= 0.6 is 0 Å². The van der Waals surface area contributed by atoms with E-state index in [1.807, 2.05) is 30.3 Å². The molecule has 1 amide bonds. The van der Waals surface area contributed by atoms with Crippen molar-refractivity contribution in [3.8, 4) is 0 Å². The maximum Gasteiger partial charge on any atom is 0.328 e. The predicted molar refractivity (Wildman–Crippen MR) is 84.2 cm³/mol. The molecule has 0 fully saturated rings. The molecule has 2 rings (SSSR count). The minimum atomic E-state index is -1.02. The van der Waals surface area contributed by atoms with Gasteiger partial charge in [0.05, 0.1) is 13.5 Å². The number of methoxy groups -OCH3 is 1. The molecule has 0 saturated heterocycles. The number of benzene rings is 2. The van der Waals surface area contributed by atoms with Gasteiger partial charge in [-0.2, -0.15) is 0 Å². The second-order valence-corrected chi connectivity index (χ2v) is 5.26. The van der Waals surface area contributed by atoms with Crippen LogP contribution in [0.15, 0.2) is 48.5 Å². The zero-order valence-electron chi connectivity index (χ0n) is 13.1. The number of esters is 1. The number of carbonyl (C=O) groups is 2. The molecular formula is C18H17F2NO3. The van der Waals surface area contributed by atoms with E-state index < -0.39 is 29.6 Å². The van der Waals surface area contributed by atoms with Gasteiger partial charge < -0.3 is 10.1 Å². The van der Waals surface area contributed by atoms with Crippen LogP contribution in [0.5, 0.6) is 0 Å². The highest BCUT2D eigenvalue weighted by Crippen LogP contribution is 2.10. The van der Waals surface area contributed by atoms with Gasteiger partial charge in [-0.1, -0.05) is 36.4 Å². The summed E-state index contributed by atoms with van der Waals surface area (Å²) in [6.07, 6.45) is 0.108. The molecule has 0 aliphatic carbocycles. The van der Waals surface area contributed by atoms with Crippen LogP contribution < -0.4 is 5.32 Å². The van der Waals surface area contributed by atoms with E-state index in [9.17, 15) is 18.4 Å². The minimum absolute atomic E-state index is 0.167. The second kappa shape index (κ2) is 8.19. The first-order valence-corrected chi connectivity index (χ1v) is 7.34. The van der Waals surface area contributed by atoms with Gasteiger partial charge in [0.15, 0.2) is 11.6 Å². The maximum absolute atomic E-state index is 13.2. The number of nitrogens with one attached hydrogen (secondary N) is 1. The highest BCUT2D eigenvalue weighted by Gasteiger charge is 2.22. The van der Waals surface area contributed by atoms with Crippen molar-refractivity contribution in [2.75, 3.05) is 7.11 Å². The SMILES string of the molecule is COC(=O)[C@H](Cc1ccccc1)NC(=O)Cc1ccc(F)c(F)c1. The van der Waals surface area contributed by atoms with Crippen LogP contribution in [-0.2, 0) is 27.2 Å². The fourth-order valence-electron chi connectivity index (χ4n) is 2.27. The van der Waals surface area contributed by atoms with Gasteiger partial charge in [-0.15, -0.1) is 0 Å². The monoisotopic (exact) mass is 333 g/mol. The van der Waals surface area contributed by atoms with Crippen molar-refractivity contribution in [3.63, 3.8) is 0 Å². The van der Waals surface area contributed by atoms with E-state index in [1.54, 1.807) is 0 Å². The van der Waals surface area contributed by atoms with Gasteiger partial charge in [0.25, 0.3) is 0 Å². The normalized spacial score (nSPS) is 11.6. The largest absolute Gasteiger partial charge is 0.467 e. The summed E-state index contributed by atoms with van der Waals surface area (Å²) in [5, 5.41) is 2.57. The maximum atomic E-state index is 13.2. The Labute approximate surface area is 138 Å². The lowest BCUT2D eigenvalue weighted by molar-refractivity contribution is -0.145. The Morgan fingerprint density at radius 3 is 2.38 bits per heavy atom. The summed E-state index contributed by atoms with van der Waals surface area (Å²) in [6, 6.07) is 11.5. The summed E-state index contributed by atoms with van der Waals surface area (Å²) in [5.41, 5.74) is 1.18. The van der Waals surface area contributed by atoms with Gasteiger partial charge in [-0.05, 0) is 23.3 Å². The highest BCUT2D eigenvalue weighted by molar-refractivity contribution is 5.85. The third-order valence-corrected chi connectivity index (χ3v) is 3.45. The molecule has 0 saturated carbocycles. The van der Waals surface area contributed by atoms with E-state index in [2.05, 4.69) is 5.32 Å². The number of carbonyl (C=O) groups excluding carboxylic acids is 2. The first kappa shape index (κ1) is 17.6. The van der Waals surface area contributed by atoms with Crippen molar-refractivity contribution in [3.05, 3.63) is 71.3 Å². The molecule has 2 aromatic rings. The molecule has 0 radical (unpaired) electrons. The third-order valence-electron chi connectivity index (χ3n) is 3.45. The molecule has 0 bridgehead atoms. The molecule has 6 heteroatoms. The number of amides is 1. The van der Waals surface area contributed by atoms with Gasteiger partial charge in [0.1, 0.15) is 6.04 Å². The van der Waals surface area contributed by atoms with Gasteiger partial charge in [-0.25, -0.2) is 13.6 Å². The second-order valence-electron chi connectivity index (χ2n) is 5.26. The van der Waals surface area contributed by atoms with Crippen molar-refractivity contribution < 1.29 is 23.1 Å². The first-order valence-electron chi connectivity index (χ1n) is 7.34. The van der Waals surface area contributed by atoms with Crippen molar-refractivity contribution in [1.29, 1.82) is 0 Å². The molecule has 2 aromatic carbocycles. The molecule has 0 aliphatic rings. The fourth-order valence-corrected chi connectivity index (χ4v) is 2.27. The molecule has 0 spiro atoms. The van der Waals surface area contributed by atoms with E-state index in [0.29, 0.717) is 5.56 Å². The summed E-state index contributed by atoms with van der Waals surface area (Å²) >= 11 is 0. The lowest BCUT2D eigenvalue weighted by atomic mass is 10.1. The van der Waals surface area contributed by atoms with Crippen LogP contribution in [0.25, 0.3) is 0 Å². The quantitative estimate of drug-likeness (QED) is 0.826. The lowest BCUT2D eigenvalue weighted by Gasteiger charge is -2.16. The lowest BCUT2D eigenvalue weighted by Crippen LogP contribution is -2.43. The van der Waals surface area contributed by atoms with E-state index in [-0.39, 0.29) is 12.8 Å². The Morgan fingerprint density at radius 2 is 1.75 bits per heavy atom. The molecule has 24 heavy (non-hydrogen) atoms. The molecule has 0 heterocycles. The average molecular weight is 333 g/mol. The molecule has 1 atom stereocenters. The Hall–Kier alpha value is -2.76. The summed E-state index contributed by atoms with van der Waals surface area (Å²) in [7, 11) is 1.24. The Balaban J connectivity index is 2.03. The summed E-state index contributed by atoms with van der Waals surface area (Å²) < 4.78 is 30.8. The van der Waals surface area contributed by atoms with E-state index in [0.717, 1.165) is 17.7 Å². The van der Waals surface area contributed by atoms with Crippen LogP contribution in [0.2, 0.25) is 0 Å². The van der Waals surface area contributed by atoms with Crippen molar-refractivity contribution in [2.24, 2.45) is 0 Å². The molecular weight excluding hydrogens is 316 g/mol. The Bertz CT molecular complexity index is 719. The fraction of sp³-hybridized carbons (Fsp3) is 0.222. The summed E-state index contributed by atoms with van der Waals surface area (Å²) in [5.74, 6) is -3.05. The Morgan fingerprint density at radius 1 is 1.04 bits per heavy atom. The highest BCUT2D eigenvalue weighted by atomic mass is 19.2. The third kappa shape index (κ3) is 4.87. The van der Waals surface area contributed by atoms with Crippen molar-refractivity contribution >= 4 is 11.9 Å². The number of halogens is 2. The molecule has 126 valence electrons. The molecule has 0 unspecified atom stereocenters. The van der Waals surface area contributed by atoms with Gasteiger partial charge in [0.2, 0.25) is 5.91 Å². The molecule has 0 aromatic heterocycles. The number of hydrogen-bond acceptors (Lipinski definition) is 3. The standard InChI is InChI=1S/C18H17F2NO3/c1-24-18(23)16(10-12-5-3-2-4-6-12)21-17(22)11-13-7-8-14(19)15(20)9-13/h2-9,16H,10-11H2,1H3,(H,21,22)/t16-/m0/s1.